The summed E-state index contributed by atoms with van der Waals surface area (Å²) in [5.74, 6) is 0.147. The summed E-state index contributed by atoms with van der Waals surface area (Å²) in [7, 11) is 0. The maximum atomic E-state index is 10.8. The van der Waals surface area contributed by atoms with Crippen LogP contribution in [0.3, 0.4) is 0 Å². The van der Waals surface area contributed by atoms with Crippen LogP contribution in [-0.4, -0.2) is 27.9 Å². The molecular weight excluding hydrogens is 272 g/mol. The molecule has 0 bridgehead atoms. The summed E-state index contributed by atoms with van der Waals surface area (Å²) in [6.45, 7) is 0. The number of hydrogen-bond acceptors (Lipinski definition) is 5. The smallest absolute Gasteiger partial charge is 0.348 e. The van der Waals surface area contributed by atoms with Crippen LogP contribution in [-0.2, 0) is 9.63 Å². The lowest BCUT2D eigenvalue weighted by Gasteiger charge is -2.05. The number of benzene rings is 1. The fourth-order valence-corrected chi connectivity index (χ4v) is 1.92. The zero-order valence-corrected chi connectivity index (χ0v) is 11.0. The first-order valence-electron chi connectivity index (χ1n) is 6.37. The molecule has 1 N–H and O–H groups in total. The summed E-state index contributed by atoms with van der Waals surface area (Å²) in [5, 5.41) is 12.7. The molecular formula is C15H12N2O4. The van der Waals surface area contributed by atoms with Crippen LogP contribution in [0, 0.1) is 0 Å². The Morgan fingerprint density at radius 2 is 2.05 bits per heavy atom. The Bertz CT molecular complexity index is 668. The van der Waals surface area contributed by atoms with Crippen molar-refractivity contribution < 1.29 is 19.5 Å². The molecule has 0 radical (unpaired) electrons. The number of aliphatic carboxylic acids is 1. The molecule has 1 aliphatic rings. The van der Waals surface area contributed by atoms with E-state index in [4.69, 9.17) is 14.7 Å². The van der Waals surface area contributed by atoms with Gasteiger partial charge in [-0.2, -0.15) is 0 Å². The minimum Gasteiger partial charge on any atom is -0.478 e. The van der Waals surface area contributed by atoms with Crippen molar-refractivity contribution in [1.82, 2.24) is 4.98 Å². The van der Waals surface area contributed by atoms with Crippen LogP contribution in [0.5, 0.6) is 11.6 Å². The van der Waals surface area contributed by atoms with E-state index >= 15 is 0 Å². The Hall–Kier alpha value is -2.89. The maximum Gasteiger partial charge on any atom is 0.348 e. The summed E-state index contributed by atoms with van der Waals surface area (Å²) in [5.41, 5.74) is 1.43. The number of ether oxygens (including phenoxy) is 1. The molecule has 0 spiro atoms. The van der Waals surface area contributed by atoms with Crippen LogP contribution >= 0.6 is 0 Å². The minimum atomic E-state index is -1.01. The van der Waals surface area contributed by atoms with Gasteiger partial charge in [0.15, 0.2) is 0 Å². The predicted molar refractivity (Wildman–Crippen MR) is 74.4 cm³/mol. The lowest BCUT2D eigenvalue weighted by molar-refractivity contribution is -0.148. The fourth-order valence-electron chi connectivity index (χ4n) is 1.92. The van der Waals surface area contributed by atoms with Gasteiger partial charge in [0.2, 0.25) is 12.0 Å². The van der Waals surface area contributed by atoms with Crippen LogP contribution in [0.25, 0.3) is 0 Å². The van der Waals surface area contributed by atoms with Crippen molar-refractivity contribution in [1.29, 1.82) is 0 Å². The van der Waals surface area contributed by atoms with Crippen molar-refractivity contribution in [2.24, 2.45) is 5.16 Å². The van der Waals surface area contributed by atoms with Gasteiger partial charge in [0.1, 0.15) is 5.75 Å². The first-order valence-corrected chi connectivity index (χ1v) is 6.37. The van der Waals surface area contributed by atoms with Crippen molar-refractivity contribution in [3.8, 4) is 11.6 Å². The monoisotopic (exact) mass is 284 g/mol. The largest absolute Gasteiger partial charge is 0.478 e. The highest BCUT2D eigenvalue weighted by molar-refractivity contribution is 6.03. The zero-order chi connectivity index (χ0) is 14.7. The lowest BCUT2D eigenvalue weighted by atomic mass is 10.1. The second-order valence-electron chi connectivity index (χ2n) is 4.47. The van der Waals surface area contributed by atoms with Crippen LogP contribution in [0.2, 0.25) is 0 Å². The number of aromatic nitrogens is 1. The molecule has 0 aliphatic carbocycles. The highest BCUT2D eigenvalue weighted by Gasteiger charge is 2.28. The molecule has 1 aromatic heterocycles. The summed E-state index contributed by atoms with van der Waals surface area (Å²) >= 11 is 0. The summed E-state index contributed by atoms with van der Waals surface area (Å²) in [6, 6.07) is 12.6. The molecule has 6 heteroatoms. The second kappa shape index (κ2) is 5.62. The molecule has 1 unspecified atom stereocenters. The Labute approximate surface area is 120 Å². The van der Waals surface area contributed by atoms with E-state index in [0.29, 0.717) is 17.3 Å². The van der Waals surface area contributed by atoms with E-state index in [1.54, 1.807) is 24.4 Å². The van der Waals surface area contributed by atoms with Gasteiger partial charge in [-0.25, -0.2) is 9.78 Å². The van der Waals surface area contributed by atoms with Gasteiger partial charge in [0.25, 0.3) is 0 Å². The van der Waals surface area contributed by atoms with Crippen LogP contribution in [0.1, 0.15) is 12.0 Å². The molecule has 2 aromatic rings. The average Bonchev–Trinajstić information content (AvgIpc) is 2.99. The quantitative estimate of drug-likeness (QED) is 0.932. The number of rotatable bonds is 4. The third-order valence-electron chi connectivity index (χ3n) is 2.99. The molecule has 0 amide bonds. The van der Waals surface area contributed by atoms with Gasteiger partial charge in [0, 0.05) is 18.7 Å². The molecule has 21 heavy (non-hydrogen) atoms. The first kappa shape index (κ1) is 13.1. The van der Waals surface area contributed by atoms with Crippen molar-refractivity contribution in [3.63, 3.8) is 0 Å². The van der Waals surface area contributed by atoms with Gasteiger partial charge in [-0.3, -0.25) is 0 Å². The average molecular weight is 284 g/mol. The molecule has 3 rings (SSSR count). The van der Waals surface area contributed by atoms with Gasteiger partial charge in [-0.15, -0.1) is 0 Å². The normalized spacial score (nSPS) is 17.0. The fraction of sp³-hybridized carbons (Fsp3) is 0.133. The third kappa shape index (κ3) is 3.00. The number of pyridine rings is 1. The van der Waals surface area contributed by atoms with Crippen LogP contribution in [0.4, 0.5) is 0 Å². The molecule has 1 aliphatic heterocycles. The van der Waals surface area contributed by atoms with Crippen LogP contribution < -0.4 is 4.74 Å². The molecule has 1 atom stereocenters. The van der Waals surface area contributed by atoms with E-state index in [1.165, 1.54) is 0 Å². The highest BCUT2D eigenvalue weighted by atomic mass is 16.7. The Morgan fingerprint density at radius 1 is 1.24 bits per heavy atom. The molecule has 0 fully saturated rings. The molecule has 1 aromatic carbocycles. The lowest BCUT2D eigenvalue weighted by Crippen LogP contribution is -2.19. The van der Waals surface area contributed by atoms with E-state index in [0.717, 1.165) is 5.56 Å². The zero-order valence-electron chi connectivity index (χ0n) is 11.0. The van der Waals surface area contributed by atoms with Gasteiger partial charge in [0.05, 0.1) is 5.71 Å². The van der Waals surface area contributed by atoms with Crippen LogP contribution in [0.15, 0.2) is 53.8 Å². The molecule has 2 heterocycles. The van der Waals surface area contributed by atoms with Gasteiger partial charge >= 0.3 is 5.97 Å². The van der Waals surface area contributed by atoms with E-state index < -0.39 is 12.1 Å². The molecule has 0 saturated carbocycles. The summed E-state index contributed by atoms with van der Waals surface area (Å²) < 4.78 is 5.58. The highest BCUT2D eigenvalue weighted by Crippen LogP contribution is 2.22. The number of carboxylic acids is 1. The van der Waals surface area contributed by atoms with Crippen molar-refractivity contribution in [2.75, 3.05) is 0 Å². The topological polar surface area (TPSA) is 81.0 Å². The standard InChI is InChI=1S/C15H12N2O4/c18-15(19)13-9-12(17-21-13)10-4-6-11(7-5-10)20-14-3-1-2-8-16-14/h1-8,13H,9H2,(H,18,19). The Kier molecular flexibility index (Phi) is 3.51. The van der Waals surface area contributed by atoms with Crippen molar-refractivity contribution in [2.45, 2.75) is 12.5 Å². The van der Waals surface area contributed by atoms with E-state index in [9.17, 15) is 4.79 Å². The summed E-state index contributed by atoms with van der Waals surface area (Å²) in [6.07, 6.45) is 1.01. The molecule has 106 valence electrons. The number of hydrogen-bond donors (Lipinski definition) is 1. The first-order chi connectivity index (χ1) is 10.2. The van der Waals surface area contributed by atoms with E-state index in [1.807, 2.05) is 24.3 Å². The predicted octanol–water partition coefficient (Wildman–Crippen LogP) is 2.45. The van der Waals surface area contributed by atoms with E-state index in [-0.39, 0.29) is 6.42 Å². The number of carboxylic acid groups (broad SMARTS) is 1. The van der Waals surface area contributed by atoms with Crippen molar-refractivity contribution >= 4 is 11.7 Å². The SMILES string of the molecule is O=C(O)C1CC(c2ccc(Oc3ccccn3)cc2)=NO1. The number of oxime groups is 1. The number of nitrogens with zero attached hydrogens (tertiary/aromatic N) is 2. The second-order valence-corrected chi connectivity index (χ2v) is 4.47. The summed E-state index contributed by atoms with van der Waals surface area (Å²) in [4.78, 5) is 19.7. The Balaban J connectivity index is 1.69. The van der Waals surface area contributed by atoms with E-state index in [2.05, 4.69) is 10.1 Å². The van der Waals surface area contributed by atoms with Gasteiger partial charge < -0.3 is 14.7 Å². The maximum absolute atomic E-state index is 10.8. The van der Waals surface area contributed by atoms with Gasteiger partial charge in [-0.05, 0) is 35.9 Å². The Morgan fingerprint density at radius 3 is 2.67 bits per heavy atom. The third-order valence-corrected chi connectivity index (χ3v) is 2.99. The van der Waals surface area contributed by atoms with Gasteiger partial charge in [-0.1, -0.05) is 11.2 Å². The number of carbonyl (C=O) groups is 1. The molecule has 0 saturated heterocycles. The molecule has 6 nitrogen and oxygen atoms in total. The minimum absolute atomic E-state index is 0.260. The van der Waals surface area contributed by atoms with Crippen molar-refractivity contribution in [3.05, 3.63) is 54.2 Å².